The molecule has 3 heterocycles. The molecule has 0 amide bonds. The number of fused-ring (bicyclic) bond motifs is 10. The van der Waals surface area contributed by atoms with Crippen LogP contribution in [0.1, 0.15) is 25.0 Å². The maximum absolute atomic E-state index is 5.61. The van der Waals surface area contributed by atoms with Gasteiger partial charge in [0.15, 0.2) is 0 Å². The summed E-state index contributed by atoms with van der Waals surface area (Å²) in [5.41, 5.74) is 14.4. The van der Waals surface area contributed by atoms with Crippen molar-refractivity contribution in [1.82, 2.24) is 14.5 Å². The molecule has 3 nitrogen and oxygen atoms in total. The average molecular weight is 815 g/mol. The van der Waals surface area contributed by atoms with Crippen LogP contribution in [0.5, 0.6) is 0 Å². The van der Waals surface area contributed by atoms with E-state index in [1.807, 2.05) is 0 Å². The van der Waals surface area contributed by atoms with Crippen LogP contribution in [0.2, 0.25) is 0 Å². The third-order valence-electron chi connectivity index (χ3n) is 13.1. The topological polar surface area (TPSA) is 30.7 Å². The molecule has 1 aliphatic heterocycles. The van der Waals surface area contributed by atoms with Gasteiger partial charge in [0.05, 0.1) is 0 Å². The van der Waals surface area contributed by atoms with Crippen LogP contribution in [0.4, 0.5) is 0 Å². The Hall–Kier alpha value is -6.82. The first kappa shape index (κ1) is 34.2. The Morgan fingerprint density at radius 1 is 0.458 bits per heavy atom. The van der Waals surface area contributed by atoms with Gasteiger partial charge in [0.25, 0.3) is 0 Å². The Balaban J connectivity index is 1.12. The van der Waals surface area contributed by atoms with Gasteiger partial charge in [-0.3, -0.25) is 0 Å². The summed E-state index contributed by atoms with van der Waals surface area (Å²) < 4.78 is 7.90. The second-order valence-corrected chi connectivity index (χ2v) is 24.2. The fraction of sp³-hybridized carbons (Fsp3) is 0.0545. The molecular formula is C55H39GeN3. The average Bonchev–Trinajstić information content (AvgIpc) is 3.88. The second kappa shape index (κ2) is 12.8. The molecule has 0 fully saturated rings. The van der Waals surface area contributed by atoms with Gasteiger partial charge in [-0.1, -0.05) is 32.0 Å². The zero-order valence-electron chi connectivity index (χ0n) is 32.9. The third-order valence-corrected chi connectivity index (χ3v) is 23.3. The predicted octanol–water partition coefficient (Wildman–Crippen LogP) is 10.6. The van der Waals surface area contributed by atoms with Crippen molar-refractivity contribution in [2.75, 3.05) is 0 Å². The first-order chi connectivity index (χ1) is 29.0. The van der Waals surface area contributed by atoms with E-state index in [2.05, 4.69) is 219 Å². The van der Waals surface area contributed by atoms with Crippen LogP contribution < -0.4 is 17.6 Å². The van der Waals surface area contributed by atoms with E-state index in [1.54, 1.807) is 0 Å². The van der Waals surface area contributed by atoms with E-state index in [0.29, 0.717) is 0 Å². The van der Waals surface area contributed by atoms with Crippen LogP contribution in [0.25, 0.3) is 72.5 Å². The van der Waals surface area contributed by atoms with E-state index >= 15 is 0 Å². The van der Waals surface area contributed by atoms with Crippen LogP contribution in [0.3, 0.4) is 0 Å². The molecule has 0 N–H and O–H groups in total. The van der Waals surface area contributed by atoms with Crippen molar-refractivity contribution in [1.29, 1.82) is 0 Å². The molecule has 10 aromatic rings. The molecule has 12 rings (SSSR count). The molecule has 1 aliphatic carbocycles. The zero-order valence-corrected chi connectivity index (χ0v) is 35.0. The number of hydrogen-bond donors (Lipinski definition) is 0. The number of nitrogens with zero attached hydrogens (tertiary/aromatic N) is 3. The van der Waals surface area contributed by atoms with Gasteiger partial charge >= 0.3 is 316 Å². The molecule has 0 unspecified atom stereocenters. The molecule has 0 saturated heterocycles. The van der Waals surface area contributed by atoms with Crippen molar-refractivity contribution >= 4 is 52.7 Å². The van der Waals surface area contributed by atoms with E-state index < -0.39 is 13.3 Å². The molecule has 8 aromatic carbocycles. The third kappa shape index (κ3) is 4.77. The predicted molar refractivity (Wildman–Crippen MR) is 247 cm³/mol. The van der Waals surface area contributed by atoms with E-state index in [4.69, 9.17) is 9.97 Å². The van der Waals surface area contributed by atoms with Crippen LogP contribution >= 0.6 is 0 Å². The van der Waals surface area contributed by atoms with Crippen LogP contribution in [0.15, 0.2) is 200 Å². The monoisotopic (exact) mass is 815 g/mol. The molecule has 0 atom stereocenters. The Kier molecular flexibility index (Phi) is 7.45. The zero-order chi connectivity index (χ0) is 39.3. The van der Waals surface area contributed by atoms with Crippen molar-refractivity contribution in [3.63, 3.8) is 0 Å². The summed E-state index contributed by atoms with van der Waals surface area (Å²) in [5.74, 6) is 0.747. The summed E-state index contributed by atoms with van der Waals surface area (Å²) in [7, 11) is 0. The molecule has 0 bridgehead atoms. The summed E-state index contributed by atoms with van der Waals surface area (Å²) in [5, 5.41) is 2.60. The number of benzene rings is 8. The first-order valence-electron chi connectivity index (χ1n) is 20.5. The summed E-state index contributed by atoms with van der Waals surface area (Å²) in [6.07, 6.45) is 0. The van der Waals surface area contributed by atoms with E-state index in [0.717, 1.165) is 34.0 Å². The Morgan fingerprint density at radius 2 is 1.05 bits per heavy atom. The van der Waals surface area contributed by atoms with Gasteiger partial charge in [-0.15, -0.1) is 0 Å². The molecular weight excluding hydrogens is 775 g/mol. The number of aromatic nitrogens is 3. The summed E-state index contributed by atoms with van der Waals surface area (Å²) >= 11 is -3.69. The first-order valence-corrected chi connectivity index (χ1v) is 24.7. The van der Waals surface area contributed by atoms with Gasteiger partial charge in [-0.25, -0.2) is 0 Å². The number of para-hydroxylation sites is 1. The molecule has 0 saturated carbocycles. The standard InChI is InChI=1S/C55H39GeN3/c1-55(2)44-27-15-12-24-41(44)49-45(55)34-35-48-50(49)43-26-14-17-29-47(43)59(48)40-32-30-36(31-33-40)52-51-53(58-54(57-52)37-18-6-3-7-19-37)42-25-13-16-28-46(42)56(51,38-20-8-4-9-21-38)39-22-10-5-11-23-39/h3-35H,1-2H3. The Bertz CT molecular complexity index is 3240. The molecule has 0 spiro atoms. The van der Waals surface area contributed by atoms with Gasteiger partial charge in [-0.05, 0) is 0 Å². The van der Waals surface area contributed by atoms with E-state index in [9.17, 15) is 0 Å². The fourth-order valence-corrected chi connectivity index (χ4v) is 21.5. The van der Waals surface area contributed by atoms with Crippen LogP contribution in [0, 0.1) is 0 Å². The van der Waals surface area contributed by atoms with Crippen LogP contribution in [-0.2, 0) is 5.41 Å². The van der Waals surface area contributed by atoms with Crippen molar-refractivity contribution in [3.05, 3.63) is 211 Å². The summed E-state index contributed by atoms with van der Waals surface area (Å²) in [6.45, 7) is 4.72. The summed E-state index contributed by atoms with van der Waals surface area (Å²) in [4.78, 5) is 11.1. The number of rotatable bonds is 5. The molecule has 59 heavy (non-hydrogen) atoms. The van der Waals surface area contributed by atoms with E-state index in [-0.39, 0.29) is 5.41 Å². The fourth-order valence-electron chi connectivity index (χ4n) is 10.5. The second-order valence-electron chi connectivity index (χ2n) is 16.5. The quantitative estimate of drug-likeness (QED) is 0.162. The molecule has 2 aromatic heterocycles. The van der Waals surface area contributed by atoms with Gasteiger partial charge in [-0.2, -0.15) is 0 Å². The van der Waals surface area contributed by atoms with Gasteiger partial charge in [0, 0.05) is 0 Å². The van der Waals surface area contributed by atoms with Crippen LogP contribution in [-0.4, -0.2) is 27.8 Å². The van der Waals surface area contributed by atoms with Gasteiger partial charge in [0.1, 0.15) is 0 Å². The normalized spacial score (nSPS) is 14.2. The van der Waals surface area contributed by atoms with Gasteiger partial charge in [0.2, 0.25) is 0 Å². The van der Waals surface area contributed by atoms with Crippen molar-refractivity contribution < 1.29 is 0 Å². The molecule has 4 heteroatoms. The minimum atomic E-state index is -3.69. The Morgan fingerprint density at radius 3 is 1.78 bits per heavy atom. The molecule has 0 radical (unpaired) electrons. The number of hydrogen-bond acceptors (Lipinski definition) is 2. The Labute approximate surface area is 346 Å². The van der Waals surface area contributed by atoms with Crippen molar-refractivity contribution in [3.8, 4) is 50.7 Å². The maximum atomic E-state index is 5.61. The van der Waals surface area contributed by atoms with Crippen molar-refractivity contribution in [2.45, 2.75) is 19.3 Å². The minimum absolute atomic E-state index is 0.0692. The van der Waals surface area contributed by atoms with Gasteiger partial charge < -0.3 is 0 Å². The van der Waals surface area contributed by atoms with E-state index in [1.165, 1.54) is 67.2 Å². The van der Waals surface area contributed by atoms with Crippen molar-refractivity contribution in [2.24, 2.45) is 0 Å². The molecule has 278 valence electrons. The molecule has 2 aliphatic rings. The SMILES string of the molecule is CC1(C)c2ccccc2-c2c1ccc1c2c2ccccc2n1-c1ccc(-c2nc(-c3ccccc3)nc3[c]2[Ge]([c]2ccccc2)([c]2ccccc2)[c]2ccccc2-3)cc1. The summed E-state index contributed by atoms with van der Waals surface area (Å²) in [6, 6.07) is 73.6.